The highest BCUT2D eigenvalue weighted by atomic mass is 19.1. The number of likely N-dealkylation sites (tertiary alicyclic amines) is 1. The first-order valence-electron chi connectivity index (χ1n) is 7.90. The lowest BCUT2D eigenvalue weighted by molar-refractivity contribution is 0.221. The van der Waals surface area contributed by atoms with Crippen molar-refractivity contribution < 1.29 is 4.39 Å². The van der Waals surface area contributed by atoms with Crippen molar-refractivity contribution >= 4 is 28.2 Å². The maximum absolute atomic E-state index is 13.9. The minimum absolute atomic E-state index is 0.161. The molecule has 23 heavy (non-hydrogen) atoms. The summed E-state index contributed by atoms with van der Waals surface area (Å²) in [5, 5.41) is 15.7. The number of fused-ring (bicyclic) bond motifs is 1. The van der Waals surface area contributed by atoms with Crippen molar-refractivity contribution in [2.45, 2.75) is 18.4 Å². The van der Waals surface area contributed by atoms with Gasteiger partial charge in [-0.25, -0.2) is 4.39 Å². The zero-order valence-corrected chi connectivity index (χ0v) is 13.1. The Hall–Kier alpha value is -2.28. The molecule has 1 unspecified atom stereocenters. The number of hydrogen-bond acceptors (Lipinski definition) is 4. The molecule has 0 aliphatic carbocycles. The van der Waals surface area contributed by atoms with Gasteiger partial charge in [0, 0.05) is 31.1 Å². The third-order valence-electron chi connectivity index (χ3n) is 5.18. The Kier molecular flexibility index (Phi) is 3.02. The number of benzene rings is 1. The van der Waals surface area contributed by atoms with Crippen LogP contribution in [-0.2, 0) is 0 Å². The zero-order valence-electron chi connectivity index (χ0n) is 13.1. The Balaban J connectivity index is 1.75. The first kappa shape index (κ1) is 14.3. The molecule has 6 N–H and O–H groups in total. The summed E-state index contributed by atoms with van der Waals surface area (Å²) in [6, 6.07) is 2.87. The summed E-state index contributed by atoms with van der Waals surface area (Å²) < 4.78 is 13.9. The van der Waals surface area contributed by atoms with E-state index in [-0.39, 0.29) is 11.4 Å². The van der Waals surface area contributed by atoms with Gasteiger partial charge in [-0.15, -0.1) is 0 Å². The minimum Gasteiger partial charge on any atom is -0.386 e. The summed E-state index contributed by atoms with van der Waals surface area (Å²) in [6.45, 7) is 2.69. The summed E-state index contributed by atoms with van der Waals surface area (Å²) >= 11 is 0. The van der Waals surface area contributed by atoms with Gasteiger partial charge in [0.1, 0.15) is 17.5 Å². The van der Waals surface area contributed by atoms with E-state index < -0.39 is 0 Å². The Morgan fingerprint density at radius 2 is 2.22 bits per heavy atom. The van der Waals surface area contributed by atoms with Crippen molar-refractivity contribution in [3.05, 3.63) is 23.5 Å². The molecule has 2 saturated heterocycles. The zero-order chi connectivity index (χ0) is 16.2. The van der Waals surface area contributed by atoms with Crippen LogP contribution in [0.3, 0.4) is 0 Å². The van der Waals surface area contributed by atoms with Gasteiger partial charge in [0.05, 0.1) is 16.8 Å². The summed E-state index contributed by atoms with van der Waals surface area (Å²) in [5.41, 5.74) is 8.25. The largest absolute Gasteiger partial charge is 0.386 e. The first-order valence-corrected chi connectivity index (χ1v) is 7.90. The molecule has 0 amide bonds. The van der Waals surface area contributed by atoms with Crippen molar-refractivity contribution in [3.63, 3.8) is 0 Å². The van der Waals surface area contributed by atoms with Crippen molar-refractivity contribution in [1.82, 2.24) is 15.2 Å². The van der Waals surface area contributed by atoms with Crippen molar-refractivity contribution in [1.29, 1.82) is 5.41 Å². The van der Waals surface area contributed by atoms with Gasteiger partial charge >= 0.3 is 0 Å². The van der Waals surface area contributed by atoms with Crippen LogP contribution < -0.4 is 16.4 Å². The van der Waals surface area contributed by atoms with Crippen LogP contribution in [-0.4, -0.2) is 47.9 Å². The molecular weight excluding hydrogens is 295 g/mol. The summed E-state index contributed by atoms with van der Waals surface area (Å²) in [4.78, 5) is 5.13. The second-order valence-corrected chi connectivity index (χ2v) is 6.52. The lowest BCUT2D eigenvalue weighted by Crippen LogP contribution is -2.58. The van der Waals surface area contributed by atoms with E-state index in [0.29, 0.717) is 28.3 Å². The topological polar surface area (TPSA) is 93.0 Å². The highest BCUT2D eigenvalue weighted by Crippen LogP contribution is 2.35. The van der Waals surface area contributed by atoms with Crippen LogP contribution in [0.5, 0.6) is 0 Å². The number of anilines is 2. The fourth-order valence-electron chi connectivity index (χ4n) is 3.78. The Morgan fingerprint density at radius 3 is 2.83 bits per heavy atom. The van der Waals surface area contributed by atoms with Gasteiger partial charge in [0.2, 0.25) is 0 Å². The number of aromatic amines is 1. The quantitative estimate of drug-likeness (QED) is 0.431. The highest BCUT2D eigenvalue weighted by Gasteiger charge is 2.43. The monoisotopic (exact) mass is 316 g/mol. The summed E-state index contributed by atoms with van der Waals surface area (Å²) in [5.74, 6) is 0.440. The van der Waals surface area contributed by atoms with E-state index in [1.165, 1.54) is 12.1 Å². The third kappa shape index (κ3) is 2.07. The maximum atomic E-state index is 13.9. The van der Waals surface area contributed by atoms with Gasteiger partial charge in [0.25, 0.3) is 0 Å². The molecule has 0 bridgehead atoms. The fourth-order valence-corrected chi connectivity index (χ4v) is 3.78. The normalized spacial score (nSPS) is 23.5. The number of nitrogens with two attached hydrogens (primary N) is 1. The predicted octanol–water partition coefficient (Wildman–Crippen LogP) is 1.69. The number of nitrogens with zero attached hydrogens (tertiary/aromatic N) is 1. The molecule has 122 valence electrons. The SMILES string of the molecule is CNc1cc(F)cc2c(C(=N)N3CCC4(CCN4)C3)c(N)[nH]c12. The van der Waals surface area contributed by atoms with E-state index in [1.807, 2.05) is 4.90 Å². The van der Waals surface area contributed by atoms with Crippen LogP contribution in [0.4, 0.5) is 15.9 Å². The molecular formula is C16H21FN6. The van der Waals surface area contributed by atoms with Crippen LogP contribution >= 0.6 is 0 Å². The summed E-state index contributed by atoms with van der Waals surface area (Å²) in [7, 11) is 1.74. The third-order valence-corrected chi connectivity index (χ3v) is 5.18. The van der Waals surface area contributed by atoms with Crippen LogP contribution in [0.25, 0.3) is 10.9 Å². The van der Waals surface area contributed by atoms with Gasteiger partial charge in [-0.1, -0.05) is 0 Å². The number of nitrogen functional groups attached to an aromatic ring is 1. The number of nitrogens with one attached hydrogen (secondary N) is 4. The Bertz CT molecular complexity index is 791. The fraction of sp³-hybridized carbons (Fsp3) is 0.438. The molecule has 1 aromatic heterocycles. The molecule has 2 fully saturated rings. The van der Waals surface area contributed by atoms with Gasteiger partial charge in [-0.2, -0.15) is 0 Å². The average Bonchev–Trinajstić information content (AvgIpc) is 3.07. The van der Waals surface area contributed by atoms with Crippen LogP contribution in [0.1, 0.15) is 18.4 Å². The number of H-pyrrole nitrogens is 1. The minimum atomic E-state index is -0.339. The molecule has 0 radical (unpaired) electrons. The molecule has 0 saturated carbocycles. The van der Waals surface area contributed by atoms with E-state index in [2.05, 4.69) is 15.6 Å². The van der Waals surface area contributed by atoms with Crippen molar-refractivity contribution in [2.75, 3.05) is 37.7 Å². The predicted molar refractivity (Wildman–Crippen MR) is 90.6 cm³/mol. The van der Waals surface area contributed by atoms with E-state index in [0.717, 1.165) is 38.0 Å². The highest BCUT2D eigenvalue weighted by molar-refractivity contribution is 6.14. The molecule has 1 atom stereocenters. The lowest BCUT2D eigenvalue weighted by atomic mass is 9.87. The van der Waals surface area contributed by atoms with E-state index in [1.54, 1.807) is 7.05 Å². The maximum Gasteiger partial charge on any atom is 0.132 e. The van der Waals surface area contributed by atoms with Gasteiger partial charge in [0.15, 0.2) is 0 Å². The Labute approximate surface area is 133 Å². The van der Waals surface area contributed by atoms with E-state index in [4.69, 9.17) is 11.1 Å². The lowest BCUT2D eigenvalue weighted by Gasteiger charge is -2.40. The molecule has 2 aliphatic heterocycles. The summed E-state index contributed by atoms with van der Waals surface area (Å²) in [6.07, 6.45) is 2.19. The molecule has 6 nitrogen and oxygen atoms in total. The Morgan fingerprint density at radius 1 is 1.43 bits per heavy atom. The molecule has 1 spiro atoms. The number of halogens is 1. The van der Waals surface area contributed by atoms with Crippen molar-refractivity contribution in [3.8, 4) is 0 Å². The number of amidine groups is 1. The number of hydrogen-bond donors (Lipinski definition) is 5. The number of rotatable bonds is 2. The first-order chi connectivity index (χ1) is 11.0. The van der Waals surface area contributed by atoms with Crippen LogP contribution in [0.15, 0.2) is 12.1 Å². The van der Waals surface area contributed by atoms with Crippen LogP contribution in [0, 0.1) is 11.2 Å². The van der Waals surface area contributed by atoms with Gasteiger partial charge in [-0.3, -0.25) is 5.41 Å². The van der Waals surface area contributed by atoms with Gasteiger partial charge in [-0.05, 0) is 31.5 Å². The molecule has 2 aromatic rings. The van der Waals surface area contributed by atoms with Crippen LogP contribution in [0.2, 0.25) is 0 Å². The average molecular weight is 316 g/mol. The standard InChI is InChI=1S/C16H21FN6/c1-20-11-7-9(17)6-10-12(14(18)22-13(10)11)15(19)23-5-3-16(8-23)2-4-21-16/h6-7,19-22H,2-5,8,18H2,1H3. The van der Waals surface area contributed by atoms with E-state index >= 15 is 0 Å². The number of aromatic nitrogens is 1. The second kappa shape index (κ2) is 4.86. The van der Waals surface area contributed by atoms with Gasteiger partial charge < -0.3 is 26.3 Å². The molecule has 4 rings (SSSR count). The molecule has 3 heterocycles. The van der Waals surface area contributed by atoms with E-state index in [9.17, 15) is 4.39 Å². The molecule has 1 aromatic carbocycles. The smallest absolute Gasteiger partial charge is 0.132 e. The molecule has 2 aliphatic rings. The molecule has 7 heteroatoms. The van der Waals surface area contributed by atoms with Crippen molar-refractivity contribution in [2.24, 2.45) is 0 Å². The second-order valence-electron chi connectivity index (χ2n) is 6.52.